The maximum absolute atomic E-state index is 9.16. The van der Waals surface area contributed by atoms with Crippen molar-refractivity contribution in [3.05, 3.63) is 0 Å². The summed E-state index contributed by atoms with van der Waals surface area (Å²) in [5.74, 6) is 0. The first-order valence-corrected chi connectivity index (χ1v) is 5.21. The van der Waals surface area contributed by atoms with Crippen molar-refractivity contribution in [1.82, 2.24) is 4.90 Å². The molecule has 0 aromatic carbocycles. The Bertz CT molecular complexity index is 161. The molecule has 0 bridgehead atoms. The van der Waals surface area contributed by atoms with Gasteiger partial charge in [-0.3, -0.25) is 0 Å². The van der Waals surface area contributed by atoms with Gasteiger partial charge in [0.1, 0.15) is 0 Å². The topological polar surface area (TPSA) is 49.5 Å². The summed E-state index contributed by atoms with van der Waals surface area (Å²) >= 11 is 0. The number of nitrogens with two attached hydrogens (primary N) is 1. The van der Waals surface area contributed by atoms with Crippen LogP contribution in [-0.4, -0.2) is 41.3 Å². The molecule has 0 aliphatic carbocycles. The molecule has 1 heterocycles. The highest BCUT2D eigenvalue weighted by atomic mass is 16.3. The fourth-order valence-electron chi connectivity index (χ4n) is 1.91. The van der Waals surface area contributed by atoms with Crippen molar-refractivity contribution in [3.63, 3.8) is 0 Å². The van der Waals surface area contributed by atoms with Crippen LogP contribution in [0.3, 0.4) is 0 Å². The zero-order chi connectivity index (χ0) is 9.90. The van der Waals surface area contributed by atoms with Gasteiger partial charge in [0.05, 0.1) is 6.61 Å². The van der Waals surface area contributed by atoms with Gasteiger partial charge in [0.15, 0.2) is 0 Å². The van der Waals surface area contributed by atoms with Crippen LogP contribution >= 0.6 is 0 Å². The third-order valence-electron chi connectivity index (χ3n) is 3.06. The number of hydrogen-bond donors (Lipinski definition) is 2. The van der Waals surface area contributed by atoms with Crippen molar-refractivity contribution in [2.75, 3.05) is 19.7 Å². The predicted octanol–water partition coefficient (Wildman–Crippen LogP) is 0.571. The molecule has 1 atom stereocenters. The second-order valence-corrected chi connectivity index (χ2v) is 4.50. The van der Waals surface area contributed by atoms with Crippen molar-refractivity contribution < 1.29 is 5.11 Å². The van der Waals surface area contributed by atoms with E-state index in [4.69, 9.17) is 10.8 Å². The molecule has 0 saturated carbocycles. The van der Waals surface area contributed by atoms with Crippen molar-refractivity contribution in [2.24, 2.45) is 5.73 Å². The molecule has 1 unspecified atom stereocenters. The molecule has 3 nitrogen and oxygen atoms in total. The van der Waals surface area contributed by atoms with E-state index in [1.165, 1.54) is 0 Å². The smallest absolute Gasteiger partial charge is 0.0611 e. The summed E-state index contributed by atoms with van der Waals surface area (Å²) in [7, 11) is 0. The molecule has 1 aliphatic heterocycles. The normalized spacial score (nSPS) is 32.1. The second-order valence-electron chi connectivity index (χ2n) is 4.50. The number of aliphatic hydroxyl groups excluding tert-OH is 1. The molecule has 0 radical (unpaired) electrons. The lowest BCUT2D eigenvalue weighted by molar-refractivity contribution is 0.172. The molecule has 3 N–H and O–H groups in total. The predicted molar refractivity (Wildman–Crippen MR) is 54.6 cm³/mol. The van der Waals surface area contributed by atoms with Crippen LogP contribution in [0, 0.1) is 0 Å². The third kappa shape index (κ3) is 2.93. The van der Waals surface area contributed by atoms with E-state index in [1.54, 1.807) is 0 Å². The summed E-state index contributed by atoms with van der Waals surface area (Å²) in [6, 6.07) is 0.598. The highest BCUT2D eigenvalue weighted by molar-refractivity contribution is 4.87. The minimum atomic E-state index is -0.316. The summed E-state index contributed by atoms with van der Waals surface area (Å²) < 4.78 is 0. The van der Waals surface area contributed by atoms with Crippen molar-refractivity contribution >= 4 is 0 Å². The third-order valence-corrected chi connectivity index (χ3v) is 3.06. The summed E-state index contributed by atoms with van der Waals surface area (Å²) in [5.41, 5.74) is 5.73. The first-order chi connectivity index (χ1) is 6.07. The van der Waals surface area contributed by atoms with Crippen LogP contribution in [0.2, 0.25) is 0 Å². The first kappa shape index (κ1) is 11.0. The molecular formula is C10H22N2O. The van der Waals surface area contributed by atoms with E-state index in [2.05, 4.69) is 18.7 Å². The number of rotatable bonds is 2. The standard InChI is InChI=1S/C10H22N2O/c1-9(2)12-6-3-4-10(11,8-13)5-7-12/h9,13H,3-8,11H2,1-2H3. The Morgan fingerprint density at radius 2 is 2.08 bits per heavy atom. The lowest BCUT2D eigenvalue weighted by Gasteiger charge is -2.27. The molecule has 0 amide bonds. The molecule has 1 rings (SSSR count). The highest BCUT2D eigenvalue weighted by Gasteiger charge is 2.28. The summed E-state index contributed by atoms with van der Waals surface area (Å²) in [6.07, 6.45) is 2.98. The molecule has 0 spiro atoms. The zero-order valence-electron chi connectivity index (χ0n) is 8.79. The van der Waals surface area contributed by atoms with Gasteiger partial charge in [-0.2, -0.15) is 0 Å². The minimum Gasteiger partial charge on any atom is -0.394 e. The Morgan fingerprint density at radius 3 is 2.62 bits per heavy atom. The Hall–Kier alpha value is -0.120. The largest absolute Gasteiger partial charge is 0.394 e. The van der Waals surface area contributed by atoms with Crippen LogP contribution < -0.4 is 5.73 Å². The van der Waals surface area contributed by atoms with Gasteiger partial charge in [0, 0.05) is 18.1 Å². The van der Waals surface area contributed by atoms with Gasteiger partial charge in [-0.25, -0.2) is 0 Å². The minimum absolute atomic E-state index is 0.124. The maximum atomic E-state index is 9.16. The maximum Gasteiger partial charge on any atom is 0.0611 e. The first-order valence-electron chi connectivity index (χ1n) is 5.21. The summed E-state index contributed by atoms with van der Waals surface area (Å²) in [4.78, 5) is 2.43. The van der Waals surface area contributed by atoms with Crippen LogP contribution in [0.25, 0.3) is 0 Å². The molecule has 1 saturated heterocycles. The quantitative estimate of drug-likeness (QED) is 0.663. The highest BCUT2D eigenvalue weighted by Crippen LogP contribution is 2.20. The van der Waals surface area contributed by atoms with Crippen molar-refractivity contribution in [2.45, 2.75) is 44.7 Å². The number of hydrogen-bond acceptors (Lipinski definition) is 3. The van der Waals surface area contributed by atoms with Crippen molar-refractivity contribution in [3.8, 4) is 0 Å². The number of likely N-dealkylation sites (tertiary alicyclic amines) is 1. The fourth-order valence-corrected chi connectivity index (χ4v) is 1.91. The van der Waals surface area contributed by atoms with Crippen molar-refractivity contribution in [1.29, 1.82) is 0 Å². The van der Waals surface area contributed by atoms with Gasteiger partial charge in [0.2, 0.25) is 0 Å². The number of aliphatic hydroxyl groups is 1. The fraction of sp³-hybridized carbons (Fsp3) is 1.00. The Kier molecular flexibility index (Phi) is 3.71. The molecule has 0 aromatic rings. The van der Waals surface area contributed by atoms with E-state index in [9.17, 15) is 0 Å². The Morgan fingerprint density at radius 1 is 1.38 bits per heavy atom. The lowest BCUT2D eigenvalue weighted by Crippen LogP contribution is -2.44. The molecule has 0 aromatic heterocycles. The van der Waals surface area contributed by atoms with Crippen LogP contribution in [0.5, 0.6) is 0 Å². The molecule has 1 fully saturated rings. The van der Waals surface area contributed by atoms with E-state index in [0.29, 0.717) is 6.04 Å². The SMILES string of the molecule is CC(C)N1CCCC(N)(CO)CC1. The van der Waals surface area contributed by atoms with Gasteiger partial charge in [0.25, 0.3) is 0 Å². The van der Waals surface area contributed by atoms with E-state index in [0.717, 1.165) is 32.4 Å². The van der Waals surface area contributed by atoms with E-state index < -0.39 is 0 Å². The van der Waals surface area contributed by atoms with Crippen LogP contribution in [0.4, 0.5) is 0 Å². The molecule has 1 aliphatic rings. The van der Waals surface area contributed by atoms with Gasteiger partial charge in [-0.05, 0) is 39.7 Å². The Balaban J connectivity index is 2.48. The van der Waals surface area contributed by atoms with Crippen LogP contribution in [0.15, 0.2) is 0 Å². The monoisotopic (exact) mass is 186 g/mol. The molecule has 78 valence electrons. The van der Waals surface area contributed by atoms with E-state index in [-0.39, 0.29) is 12.1 Å². The van der Waals surface area contributed by atoms with Crippen LogP contribution in [-0.2, 0) is 0 Å². The molecule has 13 heavy (non-hydrogen) atoms. The number of nitrogens with zero attached hydrogens (tertiary/aromatic N) is 1. The van der Waals surface area contributed by atoms with E-state index >= 15 is 0 Å². The van der Waals surface area contributed by atoms with Crippen LogP contribution in [0.1, 0.15) is 33.1 Å². The summed E-state index contributed by atoms with van der Waals surface area (Å²) in [6.45, 7) is 6.69. The van der Waals surface area contributed by atoms with Gasteiger partial charge < -0.3 is 15.7 Å². The van der Waals surface area contributed by atoms with Gasteiger partial charge in [-0.15, -0.1) is 0 Å². The zero-order valence-corrected chi connectivity index (χ0v) is 8.79. The summed E-state index contributed by atoms with van der Waals surface area (Å²) in [5, 5.41) is 9.16. The Labute approximate surface area is 80.9 Å². The average Bonchev–Trinajstić information content (AvgIpc) is 2.28. The average molecular weight is 186 g/mol. The van der Waals surface area contributed by atoms with Gasteiger partial charge >= 0.3 is 0 Å². The second kappa shape index (κ2) is 4.40. The lowest BCUT2D eigenvalue weighted by atomic mass is 9.93. The molecule has 3 heteroatoms. The van der Waals surface area contributed by atoms with E-state index in [1.807, 2.05) is 0 Å². The van der Waals surface area contributed by atoms with Gasteiger partial charge in [-0.1, -0.05) is 0 Å². The molecular weight excluding hydrogens is 164 g/mol.